The highest BCUT2D eigenvalue weighted by atomic mass is 16.5. The van der Waals surface area contributed by atoms with Gasteiger partial charge in [-0.1, -0.05) is 52.7 Å². The minimum absolute atomic E-state index is 0.275. The van der Waals surface area contributed by atoms with Crippen LogP contribution in [0.4, 0.5) is 0 Å². The fourth-order valence-electron chi connectivity index (χ4n) is 3.46. The first-order chi connectivity index (χ1) is 9.99. The molecule has 0 aromatic heterocycles. The van der Waals surface area contributed by atoms with Crippen LogP contribution >= 0.6 is 0 Å². The molecule has 1 aromatic carbocycles. The molecule has 0 aliphatic heterocycles. The molecule has 0 heterocycles. The van der Waals surface area contributed by atoms with E-state index in [0.717, 1.165) is 30.8 Å². The van der Waals surface area contributed by atoms with Crippen molar-refractivity contribution in [3.05, 3.63) is 29.8 Å². The summed E-state index contributed by atoms with van der Waals surface area (Å²) in [6, 6.07) is 10.8. The Bertz CT molecular complexity index is 497. The van der Waals surface area contributed by atoms with Crippen molar-refractivity contribution in [1.29, 1.82) is 5.26 Å². The van der Waals surface area contributed by atoms with Crippen LogP contribution in [0.25, 0.3) is 0 Å². The maximum absolute atomic E-state index is 9.68. The first kappa shape index (κ1) is 15.9. The molecule has 0 saturated heterocycles. The van der Waals surface area contributed by atoms with E-state index in [1.165, 1.54) is 12.8 Å². The van der Waals surface area contributed by atoms with Crippen molar-refractivity contribution in [3.8, 4) is 11.8 Å². The molecule has 1 aliphatic carbocycles. The van der Waals surface area contributed by atoms with Crippen LogP contribution < -0.4 is 4.74 Å². The van der Waals surface area contributed by atoms with Gasteiger partial charge in [0, 0.05) is 0 Å². The molecule has 1 aromatic rings. The lowest BCUT2D eigenvalue weighted by molar-refractivity contribution is 0.0479. The van der Waals surface area contributed by atoms with Crippen molar-refractivity contribution in [2.75, 3.05) is 6.61 Å². The molecule has 0 spiro atoms. The molecule has 1 fully saturated rings. The lowest BCUT2D eigenvalue weighted by Gasteiger charge is -2.53. The average Bonchev–Trinajstić information content (AvgIpc) is 2.47. The van der Waals surface area contributed by atoms with E-state index in [4.69, 9.17) is 4.74 Å². The van der Waals surface area contributed by atoms with Gasteiger partial charge in [-0.25, -0.2) is 0 Å². The smallest absolute Gasteiger partial charge is 0.119 e. The van der Waals surface area contributed by atoms with Gasteiger partial charge in [0.25, 0.3) is 0 Å². The van der Waals surface area contributed by atoms with Gasteiger partial charge in [0.05, 0.1) is 18.1 Å². The Balaban J connectivity index is 2.09. The zero-order valence-corrected chi connectivity index (χ0v) is 13.8. The normalized spacial score (nSPS) is 18.9. The molecule has 1 saturated carbocycles. The second-order valence-corrected chi connectivity index (χ2v) is 6.98. The quantitative estimate of drug-likeness (QED) is 0.730. The van der Waals surface area contributed by atoms with Crippen LogP contribution in [0.1, 0.15) is 58.9 Å². The van der Waals surface area contributed by atoms with E-state index in [0.29, 0.717) is 11.3 Å². The second kappa shape index (κ2) is 6.10. The van der Waals surface area contributed by atoms with Crippen LogP contribution in [0, 0.1) is 22.7 Å². The van der Waals surface area contributed by atoms with Crippen LogP contribution in [0.3, 0.4) is 0 Å². The molecule has 2 rings (SSSR count). The predicted octanol–water partition coefficient (Wildman–Crippen LogP) is 5.08. The van der Waals surface area contributed by atoms with Gasteiger partial charge < -0.3 is 4.74 Å². The van der Waals surface area contributed by atoms with Crippen molar-refractivity contribution in [2.45, 2.75) is 58.8 Å². The molecule has 21 heavy (non-hydrogen) atoms. The van der Waals surface area contributed by atoms with Gasteiger partial charge in [-0.15, -0.1) is 0 Å². The zero-order chi connectivity index (χ0) is 15.5. The predicted molar refractivity (Wildman–Crippen MR) is 86.3 cm³/mol. The summed E-state index contributed by atoms with van der Waals surface area (Å²) in [6.07, 6.45) is 4.33. The summed E-state index contributed by atoms with van der Waals surface area (Å²) in [6.45, 7) is 9.50. The number of nitrogens with zero attached hydrogens (tertiary/aromatic N) is 1. The van der Waals surface area contributed by atoms with Crippen LogP contribution in [-0.2, 0) is 5.41 Å². The van der Waals surface area contributed by atoms with Crippen LogP contribution in [0.15, 0.2) is 24.3 Å². The van der Waals surface area contributed by atoms with Gasteiger partial charge in [0.2, 0.25) is 0 Å². The van der Waals surface area contributed by atoms with Gasteiger partial charge in [0.1, 0.15) is 5.75 Å². The number of hydrogen-bond donors (Lipinski definition) is 0. The summed E-state index contributed by atoms with van der Waals surface area (Å²) in [5, 5.41) is 9.68. The maximum Gasteiger partial charge on any atom is 0.119 e. The second-order valence-electron chi connectivity index (χ2n) is 6.98. The van der Waals surface area contributed by atoms with Crippen molar-refractivity contribution in [1.82, 2.24) is 0 Å². The summed E-state index contributed by atoms with van der Waals surface area (Å²) in [5.41, 5.74) is 1.25. The van der Waals surface area contributed by atoms with Gasteiger partial charge >= 0.3 is 0 Å². The first-order valence-corrected chi connectivity index (χ1v) is 8.14. The summed E-state index contributed by atoms with van der Waals surface area (Å²) in [7, 11) is 0. The molecule has 0 N–H and O–H groups in total. The summed E-state index contributed by atoms with van der Waals surface area (Å²) >= 11 is 0. The topological polar surface area (TPSA) is 33.0 Å². The minimum atomic E-state index is -0.275. The van der Waals surface area contributed by atoms with Crippen LogP contribution in [-0.4, -0.2) is 6.61 Å². The van der Waals surface area contributed by atoms with Gasteiger partial charge in [0.15, 0.2) is 0 Å². The lowest BCUT2D eigenvalue weighted by atomic mass is 9.49. The number of nitriles is 1. The Morgan fingerprint density at radius 1 is 1.14 bits per heavy atom. The van der Waals surface area contributed by atoms with E-state index < -0.39 is 0 Å². The molecule has 0 radical (unpaired) electrons. The number of ether oxygens (including phenoxy) is 1. The van der Waals surface area contributed by atoms with Crippen molar-refractivity contribution < 1.29 is 4.74 Å². The van der Waals surface area contributed by atoms with Crippen molar-refractivity contribution in [2.24, 2.45) is 11.3 Å². The maximum atomic E-state index is 9.68. The highest BCUT2D eigenvalue weighted by molar-refractivity contribution is 5.40. The molecule has 2 nitrogen and oxygen atoms in total. The molecular weight excluding hydrogens is 258 g/mol. The Kier molecular flexibility index (Phi) is 4.61. The third-order valence-electron chi connectivity index (χ3n) is 5.06. The first-order valence-electron chi connectivity index (χ1n) is 8.14. The highest BCUT2D eigenvalue weighted by Crippen LogP contribution is 2.58. The monoisotopic (exact) mass is 285 g/mol. The van der Waals surface area contributed by atoms with Gasteiger partial charge in [-0.05, 0) is 41.9 Å². The standard InChI is InChI=1S/C19H27NO/c1-5-18(6-2)12-19(13-18,14-20)16-7-9-17(10-8-16)21-11-15(3)4/h7-10,15H,5-6,11-13H2,1-4H3. The van der Waals surface area contributed by atoms with E-state index in [-0.39, 0.29) is 5.41 Å². The van der Waals surface area contributed by atoms with E-state index in [1.807, 2.05) is 12.1 Å². The fraction of sp³-hybridized carbons (Fsp3) is 0.632. The SMILES string of the molecule is CCC1(CC)CC(C#N)(c2ccc(OCC(C)C)cc2)C1. The van der Waals surface area contributed by atoms with Crippen LogP contribution in [0.2, 0.25) is 0 Å². The summed E-state index contributed by atoms with van der Waals surface area (Å²) in [4.78, 5) is 0. The Hall–Kier alpha value is -1.49. The fourth-order valence-corrected chi connectivity index (χ4v) is 3.46. The molecule has 0 unspecified atom stereocenters. The highest BCUT2D eigenvalue weighted by Gasteiger charge is 2.53. The third kappa shape index (κ3) is 3.07. The van der Waals surface area contributed by atoms with E-state index in [9.17, 15) is 5.26 Å². The van der Waals surface area contributed by atoms with E-state index >= 15 is 0 Å². The summed E-state index contributed by atoms with van der Waals surface area (Å²) in [5.74, 6) is 1.42. The van der Waals surface area contributed by atoms with Crippen LogP contribution in [0.5, 0.6) is 5.75 Å². The number of benzene rings is 1. The van der Waals surface area contributed by atoms with Crippen molar-refractivity contribution >= 4 is 0 Å². The molecule has 0 amide bonds. The lowest BCUT2D eigenvalue weighted by Crippen LogP contribution is -2.48. The Morgan fingerprint density at radius 2 is 1.71 bits per heavy atom. The Morgan fingerprint density at radius 3 is 2.14 bits per heavy atom. The van der Waals surface area contributed by atoms with Crippen molar-refractivity contribution in [3.63, 3.8) is 0 Å². The third-order valence-corrected chi connectivity index (χ3v) is 5.06. The average molecular weight is 285 g/mol. The molecule has 114 valence electrons. The Labute approximate surface area is 129 Å². The molecule has 0 atom stereocenters. The molecule has 2 heteroatoms. The number of rotatable bonds is 6. The number of hydrogen-bond acceptors (Lipinski definition) is 2. The zero-order valence-electron chi connectivity index (χ0n) is 13.8. The van der Waals surface area contributed by atoms with E-state index in [2.05, 4.69) is 45.9 Å². The summed E-state index contributed by atoms with van der Waals surface area (Å²) < 4.78 is 5.72. The molecule has 0 bridgehead atoms. The van der Waals surface area contributed by atoms with E-state index in [1.54, 1.807) is 0 Å². The largest absolute Gasteiger partial charge is 0.493 e. The molecule has 1 aliphatic rings. The minimum Gasteiger partial charge on any atom is -0.493 e. The molecular formula is C19H27NO. The van der Waals surface area contributed by atoms with Gasteiger partial charge in [-0.2, -0.15) is 5.26 Å². The van der Waals surface area contributed by atoms with Gasteiger partial charge in [-0.3, -0.25) is 0 Å².